The van der Waals surface area contributed by atoms with Crippen molar-refractivity contribution in [3.63, 3.8) is 0 Å². The van der Waals surface area contributed by atoms with Crippen molar-refractivity contribution in [2.24, 2.45) is 5.73 Å². The molecule has 0 aromatic heterocycles. The van der Waals surface area contributed by atoms with Crippen molar-refractivity contribution in [2.75, 3.05) is 0 Å². The van der Waals surface area contributed by atoms with Crippen LogP contribution in [0.25, 0.3) is 0 Å². The molecule has 0 spiro atoms. The predicted octanol–water partition coefficient (Wildman–Crippen LogP) is -0.240. The molecule has 2 atom stereocenters. The van der Waals surface area contributed by atoms with E-state index < -0.39 is 11.9 Å². The first-order chi connectivity index (χ1) is 4.95. The van der Waals surface area contributed by atoms with E-state index in [2.05, 4.69) is 21.2 Å². The Morgan fingerprint density at radius 1 is 1.45 bits per heavy atom. The maximum absolute atomic E-state index is 10.9. The van der Waals surface area contributed by atoms with Gasteiger partial charge in [0, 0.05) is 0 Å². The third-order valence-electron chi connectivity index (χ3n) is 1.15. The quantitative estimate of drug-likeness (QED) is 0.648. The molecule has 11 heavy (non-hydrogen) atoms. The number of nitrogens with two attached hydrogens (primary N) is 1. The molecule has 0 saturated carbocycles. The molecule has 0 aromatic carbocycles. The van der Waals surface area contributed by atoms with Crippen molar-refractivity contribution in [1.82, 2.24) is 5.32 Å². The molecule has 0 heterocycles. The van der Waals surface area contributed by atoms with E-state index in [-0.39, 0.29) is 10.7 Å². The van der Waals surface area contributed by atoms with Crippen LogP contribution in [-0.4, -0.2) is 22.7 Å². The van der Waals surface area contributed by atoms with Crippen molar-refractivity contribution in [3.05, 3.63) is 0 Å². The first kappa shape index (κ1) is 10.4. The minimum atomic E-state index is -0.609. The van der Waals surface area contributed by atoms with Gasteiger partial charge in [0.2, 0.25) is 11.8 Å². The van der Waals surface area contributed by atoms with Gasteiger partial charge >= 0.3 is 0 Å². The maximum atomic E-state index is 10.9. The van der Waals surface area contributed by atoms with Crippen LogP contribution in [0.15, 0.2) is 0 Å². The van der Waals surface area contributed by atoms with Gasteiger partial charge in [0.1, 0.15) is 6.04 Å². The van der Waals surface area contributed by atoms with E-state index >= 15 is 0 Å². The normalized spacial score (nSPS) is 15.2. The molecule has 0 fully saturated rings. The highest BCUT2D eigenvalue weighted by atomic mass is 79.9. The fraction of sp³-hybridized carbons (Fsp3) is 0.667. The zero-order valence-electron chi connectivity index (χ0n) is 6.43. The van der Waals surface area contributed by atoms with E-state index in [4.69, 9.17) is 5.73 Å². The lowest BCUT2D eigenvalue weighted by Crippen LogP contribution is -2.44. The highest BCUT2D eigenvalue weighted by Gasteiger charge is 2.14. The van der Waals surface area contributed by atoms with Crippen LogP contribution in [-0.2, 0) is 9.59 Å². The number of carbonyl (C=O) groups is 2. The van der Waals surface area contributed by atoms with E-state index in [0.29, 0.717) is 0 Å². The average Bonchev–Trinajstić information content (AvgIpc) is 1.87. The summed E-state index contributed by atoms with van der Waals surface area (Å²) in [7, 11) is 0. The molecule has 4 nitrogen and oxygen atoms in total. The van der Waals surface area contributed by atoms with Gasteiger partial charge in [0.15, 0.2) is 0 Å². The molecule has 0 radical (unpaired) electrons. The molecule has 0 aliphatic carbocycles. The number of carbonyl (C=O) groups excluding carboxylic acids is 2. The minimum absolute atomic E-state index is 0.240. The Morgan fingerprint density at radius 2 is 1.91 bits per heavy atom. The molecule has 2 amide bonds. The van der Waals surface area contributed by atoms with E-state index in [1.165, 1.54) is 6.92 Å². The first-order valence-corrected chi connectivity index (χ1v) is 4.10. The summed E-state index contributed by atoms with van der Waals surface area (Å²) < 4.78 is 0. The Morgan fingerprint density at radius 3 is 2.18 bits per heavy atom. The molecule has 0 rings (SSSR count). The molecule has 0 aromatic rings. The maximum Gasteiger partial charge on any atom is 0.239 e. The van der Waals surface area contributed by atoms with E-state index in [1.807, 2.05) is 0 Å². The van der Waals surface area contributed by atoms with E-state index in [9.17, 15) is 9.59 Å². The lowest BCUT2D eigenvalue weighted by molar-refractivity contribution is -0.126. The predicted molar refractivity (Wildman–Crippen MR) is 45.2 cm³/mol. The number of rotatable bonds is 3. The van der Waals surface area contributed by atoms with Gasteiger partial charge in [0.25, 0.3) is 0 Å². The summed E-state index contributed by atoms with van der Waals surface area (Å²) in [4.78, 5) is 21.0. The zero-order chi connectivity index (χ0) is 9.02. The summed E-state index contributed by atoms with van der Waals surface area (Å²) in [6.45, 7) is 3.21. The molecule has 64 valence electrons. The molecule has 0 aliphatic heterocycles. The summed E-state index contributed by atoms with van der Waals surface area (Å²) in [5.41, 5.74) is 4.92. The van der Waals surface area contributed by atoms with Crippen molar-refractivity contribution < 1.29 is 9.59 Å². The Bertz CT molecular complexity index is 170. The molecule has 2 unspecified atom stereocenters. The molecule has 5 heteroatoms. The van der Waals surface area contributed by atoms with Gasteiger partial charge in [-0.1, -0.05) is 15.9 Å². The Balaban J connectivity index is 3.85. The summed E-state index contributed by atoms with van der Waals surface area (Å²) in [5, 5.41) is 2.42. The average molecular weight is 223 g/mol. The van der Waals surface area contributed by atoms with Crippen molar-refractivity contribution in [1.29, 1.82) is 0 Å². The van der Waals surface area contributed by atoms with Gasteiger partial charge in [-0.25, -0.2) is 0 Å². The molecule has 3 N–H and O–H groups in total. The third kappa shape index (κ3) is 3.98. The number of amides is 2. The van der Waals surface area contributed by atoms with Crippen molar-refractivity contribution in [2.45, 2.75) is 24.7 Å². The van der Waals surface area contributed by atoms with Gasteiger partial charge in [-0.15, -0.1) is 0 Å². The molecule has 0 bridgehead atoms. The summed E-state index contributed by atoms with van der Waals surface area (Å²) in [6, 6.07) is -0.609. The van der Waals surface area contributed by atoms with Crippen LogP contribution in [0.4, 0.5) is 0 Å². The van der Waals surface area contributed by atoms with Gasteiger partial charge in [-0.2, -0.15) is 0 Å². The molecular weight excluding hydrogens is 212 g/mol. The summed E-state index contributed by atoms with van der Waals surface area (Å²) >= 11 is 3.05. The summed E-state index contributed by atoms with van der Waals surface area (Å²) in [6.07, 6.45) is 0. The zero-order valence-corrected chi connectivity index (χ0v) is 8.01. The second-order valence-corrected chi connectivity index (χ2v) is 3.62. The van der Waals surface area contributed by atoms with Crippen LogP contribution in [0.1, 0.15) is 13.8 Å². The van der Waals surface area contributed by atoms with Gasteiger partial charge in [-0.3, -0.25) is 9.59 Å². The Labute approximate surface area is 73.6 Å². The van der Waals surface area contributed by atoms with Crippen LogP contribution in [0, 0.1) is 0 Å². The Hall–Kier alpha value is -0.580. The second kappa shape index (κ2) is 4.33. The minimum Gasteiger partial charge on any atom is -0.368 e. The highest BCUT2D eigenvalue weighted by Crippen LogP contribution is 1.96. The molecular formula is C6H11BrN2O2. The van der Waals surface area contributed by atoms with E-state index in [0.717, 1.165) is 0 Å². The topological polar surface area (TPSA) is 72.2 Å². The first-order valence-electron chi connectivity index (χ1n) is 3.19. The smallest absolute Gasteiger partial charge is 0.239 e. The largest absolute Gasteiger partial charge is 0.368 e. The number of nitrogens with one attached hydrogen (secondary N) is 1. The molecule has 0 saturated heterocycles. The third-order valence-corrected chi connectivity index (χ3v) is 1.56. The standard InChI is InChI=1S/C6H11BrN2O2/c1-3(7)6(11)9-4(2)5(8)10/h3-4H,1-2H3,(H2,8,10)(H,9,11). The highest BCUT2D eigenvalue weighted by molar-refractivity contribution is 9.10. The number of hydrogen-bond donors (Lipinski definition) is 2. The lowest BCUT2D eigenvalue weighted by Gasteiger charge is -2.10. The Kier molecular flexibility index (Phi) is 4.10. The van der Waals surface area contributed by atoms with Crippen LogP contribution < -0.4 is 11.1 Å². The van der Waals surface area contributed by atoms with Crippen LogP contribution in [0.3, 0.4) is 0 Å². The fourth-order valence-electron chi connectivity index (χ4n) is 0.399. The number of primary amides is 1. The number of hydrogen-bond acceptors (Lipinski definition) is 2. The van der Waals surface area contributed by atoms with E-state index in [1.54, 1.807) is 6.92 Å². The fourth-order valence-corrected chi connectivity index (χ4v) is 0.532. The van der Waals surface area contributed by atoms with Crippen LogP contribution in [0.2, 0.25) is 0 Å². The molecule has 0 aliphatic rings. The lowest BCUT2D eigenvalue weighted by atomic mass is 10.3. The number of halogens is 1. The van der Waals surface area contributed by atoms with Gasteiger partial charge in [0.05, 0.1) is 4.83 Å². The monoisotopic (exact) mass is 222 g/mol. The summed E-state index contributed by atoms with van der Waals surface area (Å²) in [5.74, 6) is -0.775. The second-order valence-electron chi connectivity index (χ2n) is 2.25. The SMILES string of the molecule is CC(Br)C(=O)NC(C)C(N)=O. The van der Waals surface area contributed by atoms with Crippen LogP contribution in [0.5, 0.6) is 0 Å². The van der Waals surface area contributed by atoms with Crippen LogP contribution >= 0.6 is 15.9 Å². The van der Waals surface area contributed by atoms with Gasteiger partial charge in [-0.05, 0) is 13.8 Å². The number of alkyl halides is 1. The van der Waals surface area contributed by atoms with Gasteiger partial charge < -0.3 is 11.1 Å². The van der Waals surface area contributed by atoms with Crippen molar-refractivity contribution in [3.8, 4) is 0 Å². The van der Waals surface area contributed by atoms with Crippen molar-refractivity contribution >= 4 is 27.7 Å².